The van der Waals surface area contributed by atoms with Crippen LogP contribution in [0.5, 0.6) is 5.75 Å². The van der Waals surface area contributed by atoms with Crippen molar-refractivity contribution in [3.63, 3.8) is 0 Å². The Morgan fingerprint density at radius 3 is 2.12 bits per heavy atom. The van der Waals surface area contributed by atoms with Crippen LogP contribution in [0.4, 0.5) is 0 Å². The quantitative estimate of drug-likeness (QED) is 0.0377. The third kappa shape index (κ3) is 14.7. The largest absolute Gasteiger partial charge is 0.508 e. The van der Waals surface area contributed by atoms with Gasteiger partial charge in [-0.25, -0.2) is 4.79 Å². The van der Waals surface area contributed by atoms with Gasteiger partial charge in [0.05, 0.1) is 38.1 Å². The molecule has 0 aromatic heterocycles. The van der Waals surface area contributed by atoms with Gasteiger partial charge in [-0.05, 0) is 66.4 Å². The van der Waals surface area contributed by atoms with Gasteiger partial charge in [0.2, 0.25) is 0 Å². The number of carbonyl (C=O) groups is 1. The average Bonchev–Trinajstić information content (AvgIpc) is 3.11. The molecule has 4 aromatic carbocycles. The van der Waals surface area contributed by atoms with Crippen LogP contribution in [0.1, 0.15) is 59.6 Å². The number of aromatic hydroxyl groups is 1. The zero-order chi connectivity index (χ0) is 35.3. The molecular weight excluding hydrogens is 665 g/mol. The summed E-state index contributed by atoms with van der Waals surface area (Å²) < 4.78 is 11.2. The van der Waals surface area contributed by atoms with E-state index in [2.05, 4.69) is 5.32 Å². The third-order valence-electron chi connectivity index (χ3n) is 7.49. The van der Waals surface area contributed by atoms with Gasteiger partial charge in [-0.1, -0.05) is 109 Å². The van der Waals surface area contributed by atoms with Crippen LogP contribution in [0.15, 0.2) is 97.1 Å². The highest BCUT2D eigenvalue weighted by Gasteiger charge is 2.11. The van der Waals surface area contributed by atoms with Crippen molar-refractivity contribution in [1.82, 2.24) is 5.32 Å². The van der Waals surface area contributed by atoms with Crippen LogP contribution in [0.2, 0.25) is 10.0 Å². The Kier molecular flexibility index (Phi) is 18.5. The van der Waals surface area contributed by atoms with Gasteiger partial charge in [-0.2, -0.15) is 0 Å². The number of aliphatic hydroxyl groups excluding tert-OH is 2. The molecule has 49 heavy (non-hydrogen) atoms. The van der Waals surface area contributed by atoms with Gasteiger partial charge in [-0.3, -0.25) is 0 Å². The zero-order valence-corrected chi connectivity index (χ0v) is 29.0. The fourth-order valence-corrected chi connectivity index (χ4v) is 5.28. The van der Waals surface area contributed by atoms with Crippen LogP contribution in [0.3, 0.4) is 0 Å². The Labute approximate surface area is 298 Å². The number of hydrogen-bond donors (Lipinski definition) is 5. The number of aliphatic hydroxyl groups is 2. The van der Waals surface area contributed by atoms with E-state index >= 15 is 0 Å². The highest BCUT2D eigenvalue weighted by Crippen LogP contribution is 2.25. The first-order valence-corrected chi connectivity index (χ1v) is 17.0. The molecule has 0 aliphatic carbocycles. The minimum atomic E-state index is -0.917. The standard InChI is InChI=1S/C24H33Cl2NO5.C15H12O2/c25-21-6-5-7-22(26)20(21)17-32-13-12-31-11-4-2-1-3-10-27-15-24(30)18-8-9-23(29)19(14-18)16-28;16-15(17)14(13-9-5-2-6-10-13)11-12-7-3-1-4-8-12/h5-9,14,24,27-30H,1-4,10-13,15-17H2;1-11H,(H,16,17)/t24-;/m0./s1. The smallest absolute Gasteiger partial charge is 0.336 e. The summed E-state index contributed by atoms with van der Waals surface area (Å²) in [5.74, 6) is -0.880. The molecule has 0 spiro atoms. The van der Waals surface area contributed by atoms with E-state index in [4.69, 9.17) is 32.7 Å². The summed E-state index contributed by atoms with van der Waals surface area (Å²) in [5, 5.41) is 42.7. The Morgan fingerprint density at radius 1 is 0.796 bits per heavy atom. The maximum atomic E-state index is 11.2. The summed E-state index contributed by atoms with van der Waals surface area (Å²) in [4.78, 5) is 11.2. The SMILES string of the molecule is O=C(O)C(=Cc1ccccc1)c1ccccc1.OCc1cc([C@@H](O)CNCCCCCCOCCOCc2c(Cl)cccc2Cl)ccc1O. The van der Waals surface area contributed by atoms with E-state index in [1.54, 1.807) is 42.5 Å². The number of rotatable bonds is 19. The van der Waals surface area contributed by atoms with Crippen molar-refractivity contribution in [3.8, 4) is 5.75 Å². The fraction of sp³-hybridized carbons (Fsp3) is 0.308. The van der Waals surface area contributed by atoms with Crippen LogP contribution in [-0.2, 0) is 27.5 Å². The number of carboxylic acids is 1. The van der Waals surface area contributed by atoms with E-state index < -0.39 is 12.1 Å². The van der Waals surface area contributed by atoms with E-state index in [0.29, 0.717) is 65.3 Å². The van der Waals surface area contributed by atoms with Crippen molar-refractivity contribution in [2.24, 2.45) is 0 Å². The second kappa shape index (κ2) is 22.8. The van der Waals surface area contributed by atoms with E-state index in [1.807, 2.05) is 54.6 Å². The summed E-state index contributed by atoms with van der Waals surface area (Å²) in [6.07, 6.45) is 5.19. The van der Waals surface area contributed by atoms with E-state index in [0.717, 1.165) is 43.4 Å². The lowest BCUT2D eigenvalue weighted by atomic mass is 10.0. The fourth-order valence-electron chi connectivity index (χ4n) is 4.77. The number of phenols is 1. The molecule has 0 saturated heterocycles. The minimum Gasteiger partial charge on any atom is -0.508 e. The second-order valence-corrected chi connectivity index (χ2v) is 12.0. The first kappa shape index (κ1) is 39.7. The molecule has 0 aliphatic rings. The maximum absolute atomic E-state index is 11.2. The normalized spacial score (nSPS) is 11.9. The van der Waals surface area contributed by atoms with Crippen molar-refractivity contribution >= 4 is 40.8 Å². The topological polar surface area (TPSA) is 128 Å². The van der Waals surface area contributed by atoms with E-state index in [1.165, 1.54) is 6.07 Å². The number of nitrogens with one attached hydrogen (secondary N) is 1. The molecule has 0 bridgehead atoms. The number of hydrogen-bond acceptors (Lipinski definition) is 7. The van der Waals surface area contributed by atoms with Crippen LogP contribution in [-0.4, -0.2) is 59.3 Å². The Morgan fingerprint density at radius 2 is 1.45 bits per heavy atom. The van der Waals surface area contributed by atoms with Gasteiger partial charge < -0.3 is 35.2 Å². The molecule has 0 unspecified atom stereocenters. The van der Waals surface area contributed by atoms with Gasteiger partial charge in [0.25, 0.3) is 0 Å². The number of aliphatic carboxylic acids is 1. The predicted octanol–water partition coefficient (Wildman–Crippen LogP) is 7.92. The van der Waals surface area contributed by atoms with Crippen molar-refractivity contribution in [1.29, 1.82) is 0 Å². The van der Waals surface area contributed by atoms with Crippen LogP contribution >= 0.6 is 23.2 Å². The molecule has 0 amide bonds. The number of benzene rings is 4. The first-order valence-electron chi connectivity index (χ1n) is 16.3. The molecule has 0 radical (unpaired) electrons. The number of ether oxygens (including phenoxy) is 2. The van der Waals surface area contributed by atoms with Gasteiger partial charge in [-0.15, -0.1) is 0 Å². The molecule has 262 valence electrons. The lowest BCUT2D eigenvalue weighted by Crippen LogP contribution is -2.22. The molecule has 0 aliphatic heterocycles. The first-order chi connectivity index (χ1) is 23.8. The summed E-state index contributed by atoms with van der Waals surface area (Å²) in [5.41, 5.74) is 3.79. The molecule has 4 aromatic rings. The van der Waals surface area contributed by atoms with Gasteiger partial charge >= 0.3 is 5.97 Å². The zero-order valence-electron chi connectivity index (χ0n) is 27.4. The van der Waals surface area contributed by atoms with Gasteiger partial charge in [0, 0.05) is 34.3 Å². The summed E-state index contributed by atoms with van der Waals surface area (Å²) in [6.45, 7) is 3.11. The Hall–Kier alpha value is -3.73. The highest BCUT2D eigenvalue weighted by molar-refractivity contribution is 6.35. The minimum absolute atomic E-state index is 0.0370. The average molecular weight is 711 g/mol. The molecular formula is C39H45Cl2NO7. The second-order valence-electron chi connectivity index (χ2n) is 11.2. The van der Waals surface area contributed by atoms with Crippen molar-refractivity contribution in [3.05, 3.63) is 135 Å². The van der Waals surface area contributed by atoms with Crippen LogP contribution in [0.25, 0.3) is 11.6 Å². The summed E-state index contributed by atoms with van der Waals surface area (Å²) >= 11 is 12.2. The van der Waals surface area contributed by atoms with Gasteiger partial charge in [0.1, 0.15) is 5.75 Å². The van der Waals surface area contributed by atoms with E-state index in [9.17, 15) is 25.2 Å². The lowest BCUT2D eigenvalue weighted by molar-refractivity contribution is -0.130. The van der Waals surface area contributed by atoms with Crippen molar-refractivity contribution in [2.45, 2.75) is 45.0 Å². The molecule has 1 atom stereocenters. The molecule has 0 fully saturated rings. The summed E-state index contributed by atoms with van der Waals surface area (Å²) in [7, 11) is 0. The number of unbranched alkanes of at least 4 members (excludes halogenated alkanes) is 3. The summed E-state index contributed by atoms with van der Waals surface area (Å²) in [6, 6.07) is 28.7. The molecule has 5 N–H and O–H groups in total. The predicted molar refractivity (Wildman–Crippen MR) is 196 cm³/mol. The van der Waals surface area contributed by atoms with Gasteiger partial charge in [0.15, 0.2) is 0 Å². The number of carboxylic acid groups (broad SMARTS) is 1. The molecule has 0 heterocycles. The third-order valence-corrected chi connectivity index (χ3v) is 8.20. The highest BCUT2D eigenvalue weighted by atomic mass is 35.5. The Balaban J connectivity index is 0.000000319. The molecule has 10 heteroatoms. The monoisotopic (exact) mass is 709 g/mol. The number of halogens is 2. The van der Waals surface area contributed by atoms with Crippen molar-refractivity contribution in [2.75, 3.05) is 32.9 Å². The van der Waals surface area contributed by atoms with E-state index in [-0.39, 0.29) is 12.4 Å². The van der Waals surface area contributed by atoms with Crippen LogP contribution in [0, 0.1) is 0 Å². The van der Waals surface area contributed by atoms with Crippen molar-refractivity contribution < 1.29 is 34.7 Å². The molecule has 0 saturated carbocycles. The maximum Gasteiger partial charge on any atom is 0.336 e. The lowest BCUT2D eigenvalue weighted by Gasteiger charge is -2.14. The Bertz CT molecular complexity index is 1550. The molecule has 4 rings (SSSR count). The molecule has 8 nitrogen and oxygen atoms in total. The van der Waals surface area contributed by atoms with Crippen LogP contribution < -0.4 is 5.32 Å².